The van der Waals surface area contributed by atoms with Crippen molar-refractivity contribution in [1.82, 2.24) is 15.0 Å². The Morgan fingerprint density at radius 1 is 1.17 bits per heavy atom. The number of aryl methyl sites for hydroxylation is 2. The lowest BCUT2D eigenvalue weighted by Crippen LogP contribution is -2.03. The normalized spacial score (nSPS) is 18.0. The minimum atomic E-state index is 0.563. The van der Waals surface area contributed by atoms with Gasteiger partial charge in [-0.05, 0) is 55.4 Å². The van der Waals surface area contributed by atoms with Crippen molar-refractivity contribution >= 4 is 5.82 Å². The molecule has 0 amide bonds. The Hall–Kier alpha value is -1.84. The molecule has 4 rings (SSSR count). The molecule has 2 N–H and O–H groups in total. The van der Waals surface area contributed by atoms with Gasteiger partial charge < -0.3 is 5.73 Å². The Morgan fingerprint density at radius 2 is 2.00 bits per heavy atom. The molecule has 0 spiro atoms. The van der Waals surface area contributed by atoms with Gasteiger partial charge in [0.2, 0.25) is 0 Å². The lowest BCUT2D eigenvalue weighted by Gasteiger charge is -2.08. The molecule has 1 saturated carbocycles. The molecule has 18 heavy (non-hydrogen) atoms. The predicted octanol–water partition coefficient (Wildman–Crippen LogP) is 2.22. The van der Waals surface area contributed by atoms with E-state index in [0.29, 0.717) is 11.7 Å². The van der Waals surface area contributed by atoms with Gasteiger partial charge in [0.25, 0.3) is 0 Å². The number of nitrogens with zero attached hydrogens (tertiary/aromatic N) is 3. The second kappa shape index (κ2) is 3.57. The zero-order valence-electron chi connectivity index (χ0n) is 10.3. The molecule has 4 nitrogen and oxygen atoms in total. The van der Waals surface area contributed by atoms with E-state index in [-0.39, 0.29) is 0 Å². The molecule has 2 aliphatic carbocycles. The third-order valence-corrected chi connectivity index (χ3v) is 4.02. The van der Waals surface area contributed by atoms with Crippen LogP contribution >= 0.6 is 0 Å². The fourth-order valence-corrected chi connectivity index (χ4v) is 2.92. The van der Waals surface area contributed by atoms with Gasteiger partial charge in [-0.15, -0.1) is 5.10 Å². The predicted molar refractivity (Wildman–Crippen MR) is 69.8 cm³/mol. The number of fused-ring (bicyclic) bond motifs is 1. The number of hydrogen-bond acceptors (Lipinski definition) is 3. The van der Waals surface area contributed by atoms with Gasteiger partial charge in [-0.25, -0.2) is 4.68 Å². The first kappa shape index (κ1) is 10.1. The topological polar surface area (TPSA) is 56.7 Å². The molecule has 0 atom stereocenters. The first-order valence-electron chi connectivity index (χ1n) is 6.66. The van der Waals surface area contributed by atoms with Crippen LogP contribution in [0.3, 0.4) is 0 Å². The second-order valence-electron chi connectivity index (χ2n) is 5.35. The molecule has 0 bridgehead atoms. The molecule has 0 aliphatic heterocycles. The van der Waals surface area contributed by atoms with E-state index in [2.05, 4.69) is 28.5 Å². The first-order chi connectivity index (χ1) is 8.83. The highest BCUT2D eigenvalue weighted by molar-refractivity contribution is 5.47. The van der Waals surface area contributed by atoms with Crippen LogP contribution in [-0.4, -0.2) is 15.0 Å². The summed E-state index contributed by atoms with van der Waals surface area (Å²) in [6, 6.07) is 6.62. The van der Waals surface area contributed by atoms with Gasteiger partial charge in [0, 0.05) is 5.92 Å². The maximum atomic E-state index is 5.94. The van der Waals surface area contributed by atoms with Crippen LogP contribution in [0.5, 0.6) is 0 Å². The molecule has 0 saturated heterocycles. The van der Waals surface area contributed by atoms with E-state index in [9.17, 15) is 0 Å². The summed E-state index contributed by atoms with van der Waals surface area (Å²) in [6.45, 7) is 0. The lowest BCUT2D eigenvalue weighted by atomic mass is 10.1. The SMILES string of the molecule is Nc1nnn(-c2ccc3c(c2)CCC3)c1C1CC1. The summed E-state index contributed by atoms with van der Waals surface area (Å²) in [4.78, 5) is 0. The highest BCUT2D eigenvalue weighted by Gasteiger charge is 2.31. The van der Waals surface area contributed by atoms with Crippen LogP contribution < -0.4 is 5.73 Å². The summed E-state index contributed by atoms with van der Waals surface area (Å²) in [5.74, 6) is 1.16. The summed E-state index contributed by atoms with van der Waals surface area (Å²) in [6.07, 6.45) is 6.09. The van der Waals surface area contributed by atoms with E-state index < -0.39 is 0 Å². The minimum absolute atomic E-state index is 0.563. The summed E-state index contributed by atoms with van der Waals surface area (Å²) in [7, 11) is 0. The van der Waals surface area contributed by atoms with E-state index in [4.69, 9.17) is 5.73 Å². The Labute approximate surface area is 106 Å². The summed E-state index contributed by atoms with van der Waals surface area (Å²) < 4.78 is 1.94. The quantitative estimate of drug-likeness (QED) is 0.875. The Kier molecular flexibility index (Phi) is 2.01. The molecule has 0 unspecified atom stereocenters. The fraction of sp³-hybridized carbons (Fsp3) is 0.429. The second-order valence-corrected chi connectivity index (χ2v) is 5.35. The molecule has 1 aromatic heterocycles. The van der Waals surface area contributed by atoms with Gasteiger partial charge in [-0.1, -0.05) is 11.3 Å². The van der Waals surface area contributed by atoms with E-state index >= 15 is 0 Å². The number of aromatic nitrogens is 3. The van der Waals surface area contributed by atoms with Crippen LogP contribution in [0, 0.1) is 0 Å². The van der Waals surface area contributed by atoms with Crippen LogP contribution in [0.2, 0.25) is 0 Å². The van der Waals surface area contributed by atoms with Gasteiger partial charge in [0.05, 0.1) is 11.4 Å². The molecule has 2 aromatic rings. The zero-order chi connectivity index (χ0) is 12.1. The van der Waals surface area contributed by atoms with E-state index in [1.165, 1.54) is 43.2 Å². The van der Waals surface area contributed by atoms with Crippen LogP contribution in [0.25, 0.3) is 5.69 Å². The highest BCUT2D eigenvalue weighted by atomic mass is 15.4. The third-order valence-electron chi connectivity index (χ3n) is 4.02. The van der Waals surface area contributed by atoms with Crippen molar-refractivity contribution in [1.29, 1.82) is 0 Å². The maximum Gasteiger partial charge on any atom is 0.169 e. The first-order valence-corrected chi connectivity index (χ1v) is 6.66. The summed E-state index contributed by atoms with van der Waals surface area (Å²) in [5.41, 5.74) is 11.1. The van der Waals surface area contributed by atoms with E-state index in [1.54, 1.807) is 0 Å². The fourth-order valence-electron chi connectivity index (χ4n) is 2.92. The summed E-state index contributed by atoms with van der Waals surface area (Å²) in [5, 5.41) is 8.25. The Morgan fingerprint density at radius 3 is 2.83 bits per heavy atom. The van der Waals surface area contributed by atoms with E-state index in [1.807, 2.05) is 4.68 Å². The molecule has 4 heteroatoms. The molecule has 1 fully saturated rings. The van der Waals surface area contributed by atoms with Crippen LogP contribution in [-0.2, 0) is 12.8 Å². The Balaban J connectivity index is 1.83. The molecule has 1 aromatic carbocycles. The van der Waals surface area contributed by atoms with Gasteiger partial charge in [0.1, 0.15) is 0 Å². The monoisotopic (exact) mass is 240 g/mol. The molecular formula is C14H16N4. The summed E-state index contributed by atoms with van der Waals surface area (Å²) >= 11 is 0. The number of nitrogens with two attached hydrogens (primary N) is 1. The van der Waals surface area contributed by atoms with Crippen molar-refractivity contribution in [2.45, 2.75) is 38.0 Å². The minimum Gasteiger partial charge on any atom is -0.381 e. The Bertz CT molecular complexity index is 610. The van der Waals surface area contributed by atoms with Crippen LogP contribution in [0.1, 0.15) is 42.0 Å². The number of hydrogen-bond donors (Lipinski definition) is 1. The average molecular weight is 240 g/mol. The van der Waals surface area contributed by atoms with Crippen molar-refractivity contribution in [2.24, 2.45) is 0 Å². The average Bonchev–Trinajstić information content (AvgIpc) is 2.98. The highest BCUT2D eigenvalue weighted by Crippen LogP contribution is 2.42. The van der Waals surface area contributed by atoms with Crippen molar-refractivity contribution in [3.8, 4) is 5.69 Å². The van der Waals surface area contributed by atoms with Gasteiger partial charge in [-0.2, -0.15) is 0 Å². The van der Waals surface area contributed by atoms with Crippen molar-refractivity contribution in [2.75, 3.05) is 5.73 Å². The van der Waals surface area contributed by atoms with Crippen LogP contribution in [0.4, 0.5) is 5.82 Å². The number of nitrogen functional groups attached to an aromatic ring is 1. The van der Waals surface area contributed by atoms with Crippen molar-refractivity contribution in [3.63, 3.8) is 0 Å². The van der Waals surface area contributed by atoms with Gasteiger partial charge in [-0.3, -0.25) is 0 Å². The van der Waals surface area contributed by atoms with Gasteiger partial charge in [0.15, 0.2) is 5.82 Å². The maximum absolute atomic E-state index is 5.94. The standard InChI is InChI=1S/C14H16N4/c15-14-13(10-4-5-10)18(17-16-14)12-7-6-9-2-1-3-11(9)8-12/h6-8,10H,1-5,15H2. The molecule has 0 radical (unpaired) electrons. The van der Waals surface area contributed by atoms with Gasteiger partial charge >= 0.3 is 0 Å². The van der Waals surface area contributed by atoms with Crippen LogP contribution in [0.15, 0.2) is 18.2 Å². The number of benzene rings is 1. The van der Waals surface area contributed by atoms with Crippen molar-refractivity contribution in [3.05, 3.63) is 35.0 Å². The van der Waals surface area contributed by atoms with Crippen molar-refractivity contribution < 1.29 is 0 Å². The molecule has 92 valence electrons. The smallest absolute Gasteiger partial charge is 0.169 e. The number of anilines is 1. The largest absolute Gasteiger partial charge is 0.381 e. The zero-order valence-corrected chi connectivity index (χ0v) is 10.3. The molecule has 1 heterocycles. The molecule has 2 aliphatic rings. The number of rotatable bonds is 2. The third kappa shape index (κ3) is 1.45. The lowest BCUT2D eigenvalue weighted by molar-refractivity contribution is 0.762. The molecular weight excluding hydrogens is 224 g/mol. The van der Waals surface area contributed by atoms with E-state index in [0.717, 1.165) is 11.4 Å².